The third-order valence-electron chi connectivity index (χ3n) is 2.05. The van der Waals surface area contributed by atoms with Crippen LogP contribution in [-0.2, 0) is 18.3 Å². The molecule has 12 N–H and O–H groups in total. The molecule has 0 saturated heterocycles. The van der Waals surface area contributed by atoms with Crippen LogP contribution < -0.4 is 10.6 Å². The smallest absolute Gasteiger partial charge is 0.354 e. The molecule has 0 rings (SSSR count). The lowest BCUT2D eigenvalue weighted by Gasteiger charge is -2.23. The molecule has 0 fully saturated rings. The van der Waals surface area contributed by atoms with Crippen LogP contribution in [0.25, 0.3) is 0 Å². The van der Waals surface area contributed by atoms with E-state index in [4.69, 9.17) is 39.1 Å². The van der Waals surface area contributed by atoms with Gasteiger partial charge in [0, 0.05) is 13.1 Å². The summed E-state index contributed by atoms with van der Waals surface area (Å²) < 4.78 is 43.6. The van der Waals surface area contributed by atoms with E-state index in [-0.39, 0.29) is 5.48 Å². The molecule has 0 radical (unpaired) electrons. The highest BCUT2D eigenvalue weighted by Gasteiger charge is 2.44. The lowest BCUT2D eigenvalue weighted by atomic mass is 10.6. The monoisotopic (exact) mass is 426 g/mol. The van der Waals surface area contributed by atoms with Crippen molar-refractivity contribution < 1.29 is 62.9 Å². The topological polar surface area (TPSA) is 286 Å². The molecule has 0 amide bonds. The molecule has 0 heterocycles. The van der Waals surface area contributed by atoms with Crippen molar-refractivity contribution in [3.05, 3.63) is 0 Å². The Morgan fingerprint density at radius 1 is 0.565 bits per heavy atom. The Balaban J connectivity index is 0. The van der Waals surface area contributed by atoms with Gasteiger partial charge in [0.25, 0.3) is 0 Å². The van der Waals surface area contributed by atoms with Crippen molar-refractivity contribution in [3.63, 3.8) is 0 Å². The third kappa shape index (κ3) is 9.51. The number of nitrogens with one attached hydrogen (secondary N) is 2. The summed E-state index contributed by atoms with van der Waals surface area (Å²) in [6, 6.07) is 0. The molecule has 0 aliphatic carbocycles. The first-order valence-electron chi connectivity index (χ1n) is 5.15. The van der Waals surface area contributed by atoms with Gasteiger partial charge in [0.05, 0.1) is 0 Å². The first-order chi connectivity index (χ1) is 9.47. The van der Waals surface area contributed by atoms with E-state index >= 15 is 0 Å². The fraction of sp³-hybridized carbons (Fsp3) is 1.00. The van der Waals surface area contributed by atoms with E-state index in [9.17, 15) is 18.3 Å². The zero-order valence-corrected chi connectivity index (χ0v) is 14.6. The highest BCUT2D eigenvalue weighted by molar-refractivity contribution is 7.71. The fourth-order valence-electron chi connectivity index (χ4n) is 1.27. The number of hydrogen-bond acceptors (Lipinski definition) is 6. The van der Waals surface area contributed by atoms with Gasteiger partial charge in [0.2, 0.25) is 11.0 Å². The minimum atomic E-state index is -5.24. The third-order valence-corrected chi connectivity index (χ3v) is 8.94. The molecule has 0 aliphatic heterocycles. The summed E-state index contributed by atoms with van der Waals surface area (Å²) in [5.74, 6) is 0. The molecule has 0 bridgehead atoms. The molecule has 0 aromatic heterocycles. The average molecular weight is 426 g/mol. The Labute approximate surface area is 129 Å². The Morgan fingerprint density at radius 3 is 0.870 bits per heavy atom. The quantitative estimate of drug-likeness (QED) is 0.127. The van der Waals surface area contributed by atoms with Gasteiger partial charge in [-0.15, -0.1) is 0 Å². The summed E-state index contributed by atoms with van der Waals surface area (Å²) in [5, 5.41) is 3.53. The van der Waals surface area contributed by atoms with Gasteiger partial charge >= 0.3 is 30.4 Å². The maximum absolute atomic E-state index is 10.9. The largest absolute Gasteiger partial charge is 0.412 e. The maximum atomic E-state index is 10.9. The Hall–Kier alpha value is 0.480. The van der Waals surface area contributed by atoms with Crippen molar-refractivity contribution in [2.75, 3.05) is 13.1 Å². The minimum absolute atomic E-state index is 0. The normalized spacial score (nSPS) is 14.2. The van der Waals surface area contributed by atoms with Gasteiger partial charge in [-0.25, -0.2) is 0 Å². The van der Waals surface area contributed by atoms with Crippen LogP contribution in [0.1, 0.15) is 0 Å². The van der Waals surface area contributed by atoms with Gasteiger partial charge in [-0.3, -0.25) is 28.9 Å². The molecule has 0 unspecified atom stereocenters. The van der Waals surface area contributed by atoms with Crippen molar-refractivity contribution in [2.24, 2.45) is 0 Å². The van der Waals surface area contributed by atoms with Crippen molar-refractivity contribution in [2.45, 2.75) is 11.0 Å². The lowest BCUT2D eigenvalue weighted by molar-refractivity contribution is 0.318. The lowest BCUT2D eigenvalue weighted by Crippen LogP contribution is -2.38. The molecule has 142 valence electrons. The SMILES string of the molecule is O.O=P(O)(O)C(NCCNC(P(=O)(O)O)P(=O)(O)O)P(=O)(O)O. The minimum Gasteiger partial charge on any atom is -0.412 e. The molecular formula is C4H18N2O13P4. The highest BCUT2D eigenvalue weighted by Crippen LogP contribution is 2.59. The Kier molecular flexibility index (Phi) is 9.75. The first-order valence-corrected chi connectivity index (χ1v) is 11.9. The summed E-state index contributed by atoms with van der Waals surface area (Å²) >= 11 is 0. The second-order valence-electron chi connectivity index (χ2n) is 4.01. The fourth-order valence-corrected chi connectivity index (χ4v) is 5.87. The van der Waals surface area contributed by atoms with Crippen molar-refractivity contribution >= 4 is 30.4 Å². The van der Waals surface area contributed by atoms with Crippen LogP contribution in [0.15, 0.2) is 0 Å². The van der Waals surface area contributed by atoms with Gasteiger partial charge in [-0.05, 0) is 0 Å². The van der Waals surface area contributed by atoms with E-state index in [1.807, 2.05) is 0 Å². The summed E-state index contributed by atoms with van der Waals surface area (Å²) in [6.45, 7) is -1.31. The van der Waals surface area contributed by atoms with Crippen LogP contribution in [-0.4, -0.2) is 68.8 Å². The summed E-state index contributed by atoms with van der Waals surface area (Å²) in [4.78, 5) is 70.1. The zero-order valence-electron chi connectivity index (χ0n) is 11.1. The molecule has 0 aliphatic rings. The van der Waals surface area contributed by atoms with Crippen LogP contribution in [0, 0.1) is 0 Å². The molecule has 0 atom stereocenters. The standard InChI is InChI=1S/C4H16N2O12P4.H2O/c7-19(8,9)3(20(10,11)12)5-1-2-6-4(21(13,14)15)22(16,17)18;/h3-6H,1-2H2,(H2,7,8,9)(H2,10,11,12)(H2,13,14,15)(H2,16,17,18);1H2. The highest BCUT2D eigenvalue weighted by atomic mass is 31.2. The van der Waals surface area contributed by atoms with Crippen molar-refractivity contribution in [3.8, 4) is 0 Å². The van der Waals surface area contributed by atoms with Gasteiger partial charge in [0.1, 0.15) is 0 Å². The van der Waals surface area contributed by atoms with E-state index in [1.54, 1.807) is 10.6 Å². The van der Waals surface area contributed by atoms with E-state index in [0.29, 0.717) is 0 Å². The van der Waals surface area contributed by atoms with Crippen molar-refractivity contribution in [1.29, 1.82) is 0 Å². The molecule has 19 heteroatoms. The number of rotatable bonds is 9. The first kappa shape index (κ1) is 25.7. The van der Waals surface area contributed by atoms with Crippen LogP contribution in [0.3, 0.4) is 0 Å². The predicted octanol–water partition coefficient (Wildman–Crippen LogP) is -3.38. The second-order valence-corrected chi connectivity index (χ2v) is 11.6. The van der Waals surface area contributed by atoms with E-state index in [0.717, 1.165) is 0 Å². The molecular weight excluding hydrogens is 408 g/mol. The molecule has 0 spiro atoms. The molecule has 0 aromatic carbocycles. The van der Waals surface area contributed by atoms with Crippen LogP contribution in [0.2, 0.25) is 0 Å². The van der Waals surface area contributed by atoms with Gasteiger partial charge in [-0.1, -0.05) is 0 Å². The molecule has 0 saturated carbocycles. The zero-order chi connectivity index (χ0) is 18.0. The molecule has 23 heavy (non-hydrogen) atoms. The van der Waals surface area contributed by atoms with Crippen LogP contribution in [0.4, 0.5) is 0 Å². The Morgan fingerprint density at radius 2 is 0.739 bits per heavy atom. The Bertz CT molecular complexity index is 460. The number of hydrogen-bond donors (Lipinski definition) is 10. The summed E-state index contributed by atoms with van der Waals surface area (Å²) in [6.07, 6.45) is 0. The second kappa shape index (κ2) is 8.72. The van der Waals surface area contributed by atoms with E-state index in [2.05, 4.69) is 0 Å². The molecule has 15 nitrogen and oxygen atoms in total. The van der Waals surface area contributed by atoms with Crippen LogP contribution in [0.5, 0.6) is 0 Å². The summed E-state index contributed by atoms with van der Waals surface area (Å²) in [7, 11) is -20.9. The summed E-state index contributed by atoms with van der Waals surface area (Å²) in [5.41, 5.74) is -5.10. The van der Waals surface area contributed by atoms with E-state index < -0.39 is 54.5 Å². The van der Waals surface area contributed by atoms with Crippen LogP contribution >= 0.6 is 30.4 Å². The van der Waals surface area contributed by atoms with Crippen molar-refractivity contribution in [1.82, 2.24) is 10.6 Å². The average Bonchev–Trinajstić information content (AvgIpc) is 2.14. The van der Waals surface area contributed by atoms with Gasteiger partial charge in [0.15, 0.2) is 0 Å². The van der Waals surface area contributed by atoms with Gasteiger partial charge < -0.3 is 44.6 Å². The maximum Gasteiger partial charge on any atom is 0.354 e. The molecule has 0 aromatic rings. The van der Waals surface area contributed by atoms with Gasteiger partial charge in [-0.2, -0.15) is 0 Å². The van der Waals surface area contributed by atoms with E-state index in [1.165, 1.54) is 0 Å². The predicted molar refractivity (Wildman–Crippen MR) is 75.4 cm³/mol.